The van der Waals surface area contributed by atoms with Crippen molar-refractivity contribution in [3.05, 3.63) is 30.2 Å². The van der Waals surface area contributed by atoms with Gasteiger partial charge in [-0.15, -0.1) is 12.4 Å². The van der Waals surface area contributed by atoms with E-state index in [1.54, 1.807) is 0 Å². The molecule has 2 heterocycles. The molecule has 0 bridgehead atoms. The molecule has 26 heavy (non-hydrogen) atoms. The van der Waals surface area contributed by atoms with Crippen LogP contribution in [0.5, 0.6) is 5.75 Å². The summed E-state index contributed by atoms with van der Waals surface area (Å²) in [5, 5.41) is 10.3. The van der Waals surface area contributed by atoms with Crippen molar-refractivity contribution >= 4 is 18.3 Å². The Morgan fingerprint density at radius 2 is 2.19 bits per heavy atom. The summed E-state index contributed by atoms with van der Waals surface area (Å²) < 4.78 is 10.7. The van der Waals surface area contributed by atoms with E-state index in [0.717, 1.165) is 37.2 Å². The molecule has 1 saturated heterocycles. The Labute approximate surface area is 159 Å². The van der Waals surface area contributed by atoms with Gasteiger partial charge in [-0.05, 0) is 50.6 Å². The fourth-order valence-electron chi connectivity index (χ4n) is 2.84. The van der Waals surface area contributed by atoms with Crippen molar-refractivity contribution in [2.45, 2.75) is 38.6 Å². The number of rotatable bonds is 7. The maximum atomic E-state index is 12.0. The fraction of sp³-hybridized carbons (Fsp3) is 0.500. The van der Waals surface area contributed by atoms with Gasteiger partial charge in [-0.25, -0.2) is 0 Å². The first-order chi connectivity index (χ1) is 12.2. The Balaban J connectivity index is 0.00000243. The van der Waals surface area contributed by atoms with Crippen LogP contribution in [-0.4, -0.2) is 41.8 Å². The Morgan fingerprint density at radius 1 is 1.38 bits per heavy atom. The number of ether oxygens (including phenoxy) is 1. The summed E-state index contributed by atoms with van der Waals surface area (Å²) in [5.74, 6) is 1.83. The van der Waals surface area contributed by atoms with E-state index < -0.39 is 0 Å². The molecule has 1 aromatic heterocycles. The number of aryl methyl sites for hydroxylation is 1. The largest absolute Gasteiger partial charge is 0.494 e. The molecular weight excluding hydrogens is 356 g/mol. The van der Waals surface area contributed by atoms with Crippen LogP contribution in [0.4, 0.5) is 0 Å². The molecule has 0 radical (unpaired) electrons. The van der Waals surface area contributed by atoms with E-state index >= 15 is 0 Å². The second-order valence-corrected chi connectivity index (χ2v) is 6.08. The maximum absolute atomic E-state index is 12.0. The number of hydrogen-bond donors (Lipinski definition) is 2. The third-order valence-corrected chi connectivity index (χ3v) is 4.12. The van der Waals surface area contributed by atoms with Crippen LogP contribution in [0.1, 0.15) is 32.1 Å². The normalized spacial score (nSPS) is 16.6. The van der Waals surface area contributed by atoms with Gasteiger partial charge < -0.3 is 19.9 Å². The van der Waals surface area contributed by atoms with Crippen molar-refractivity contribution in [1.82, 2.24) is 20.8 Å². The van der Waals surface area contributed by atoms with Gasteiger partial charge in [0.05, 0.1) is 6.61 Å². The minimum atomic E-state index is 0. The van der Waals surface area contributed by atoms with Crippen molar-refractivity contribution in [2.24, 2.45) is 0 Å². The molecular formula is C18H25ClN4O3. The van der Waals surface area contributed by atoms with Gasteiger partial charge in [-0.1, -0.05) is 5.16 Å². The van der Waals surface area contributed by atoms with Crippen LogP contribution in [0.25, 0.3) is 11.4 Å². The highest BCUT2D eigenvalue weighted by atomic mass is 35.5. The number of halogens is 1. The minimum Gasteiger partial charge on any atom is -0.494 e. The summed E-state index contributed by atoms with van der Waals surface area (Å²) in [6, 6.07) is 7.76. The van der Waals surface area contributed by atoms with Gasteiger partial charge in [0.25, 0.3) is 0 Å². The molecule has 1 aromatic carbocycles. The predicted molar refractivity (Wildman–Crippen MR) is 101 cm³/mol. The quantitative estimate of drug-likeness (QED) is 0.766. The molecule has 1 aliphatic heterocycles. The minimum absolute atomic E-state index is 0. The number of benzene rings is 1. The van der Waals surface area contributed by atoms with Gasteiger partial charge in [-0.3, -0.25) is 4.79 Å². The van der Waals surface area contributed by atoms with E-state index in [9.17, 15) is 4.79 Å². The average molecular weight is 381 g/mol. The zero-order valence-electron chi connectivity index (χ0n) is 14.9. The molecule has 0 saturated carbocycles. The van der Waals surface area contributed by atoms with E-state index in [4.69, 9.17) is 9.26 Å². The Morgan fingerprint density at radius 3 is 2.88 bits per heavy atom. The number of aromatic nitrogens is 2. The Kier molecular flexibility index (Phi) is 7.87. The second kappa shape index (κ2) is 10.1. The van der Waals surface area contributed by atoms with Crippen LogP contribution >= 0.6 is 12.4 Å². The highest BCUT2D eigenvalue weighted by Gasteiger charge is 2.16. The van der Waals surface area contributed by atoms with Crippen LogP contribution in [0.2, 0.25) is 0 Å². The third-order valence-electron chi connectivity index (χ3n) is 4.12. The average Bonchev–Trinajstić information content (AvgIpc) is 3.11. The molecule has 7 nitrogen and oxygen atoms in total. The second-order valence-electron chi connectivity index (χ2n) is 6.08. The summed E-state index contributed by atoms with van der Waals surface area (Å²) in [5.41, 5.74) is 0.858. The summed E-state index contributed by atoms with van der Waals surface area (Å²) >= 11 is 0. The number of nitrogens with zero attached hydrogens (tertiary/aromatic N) is 2. The number of amides is 1. The third kappa shape index (κ3) is 5.71. The lowest BCUT2D eigenvalue weighted by Gasteiger charge is -2.23. The van der Waals surface area contributed by atoms with Crippen molar-refractivity contribution in [2.75, 3.05) is 19.7 Å². The molecule has 2 N–H and O–H groups in total. The fourth-order valence-corrected chi connectivity index (χ4v) is 2.84. The summed E-state index contributed by atoms with van der Waals surface area (Å²) in [6.07, 6.45) is 2.92. The molecule has 1 unspecified atom stereocenters. The van der Waals surface area contributed by atoms with Crippen molar-refractivity contribution in [3.8, 4) is 17.1 Å². The lowest BCUT2D eigenvalue weighted by Crippen LogP contribution is -2.45. The zero-order valence-corrected chi connectivity index (χ0v) is 15.7. The maximum Gasteiger partial charge on any atom is 0.227 e. The standard InChI is InChI=1S/C18H24N4O3.ClH/c1-2-24-15-7-5-13(6-8-15)18-21-17(25-22-18)10-9-16(23)20-14-4-3-11-19-12-14;/h5-8,14,19H,2-4,9-12H2,1H3,(H,20,23);1H. The van der Waals surface area contributed by atoms with Crippen LogP contribution in [0.3, 0.4) is 0 Å². The van der Waals surface area contributed by atoms with Gasteiger partial charge in [0.1, 0.15) is 5.75 Å². The van der Waals surface area contributed by atoms with E-state index in [-0.39, 0.29) is 24.4 Å². The van der Waals surface area contributed by atoms with Gasteiger partial charge in [0.15, 0.2) is 0 Å². The van der Waals surface area contributed by atoms with Gasteiger partial charge in [0.2, 0.25) is 17.6 Å². The lowest BCUT2D eigenvalue weighted by atomic mass is 10.1. The van der Waals surface area contributed by atoms with Gasteiger partial charge >= 0.3 is 0 Å². The molecule has 3 rings (SSSR count). The number of piperidine rings is 1. The molecule has 142 valence electrons. The highest BCUT2D eigenvalue weighted by Crippen LogP contribution is 2.20. The number of carbonyl (C=O) groups excluding carboxylic acids is 1. The Hall–Kier alpha value is -2.12. The van der Waals surface area contributed by atoms with E-state index in [2.05, 4.69) is 20.8 Å². The van der Waals surface area contributed by atoms with E-state index in [1.165, 1.54) is 0 Å². The highest BCUT2D eigenvalue weighted by molar-refractivity contribution is 5.85. The summed E-state index contributed by atoms with van der Waals surface area (Å²) in [6.45, 7) is 4.45. The summed E-state index contributed by atoms with van der Waals surface area (Å²) in [7, 11) is 0. The molecule has 0 aliphatic carbocycles. The van der Waals surface area contributed by atoms with Crippen molar-refractivity contribution < 1.29 is 14.1 Å². The first-order valence-electron chi connectivity index (χ1n) is 8.80. The molecule has 0 spiro atoms. The van der Waals surface area contributed by atoms with Gasteiger partial charge in [0, 0.05) is 31.0 Å². The van der Waals surface area contributed by atoms with E-state index in [0.29, 0.717) is 31.2 Å². The number of nitrogens with one attached hydrogen (secondary N) is 2. The van der Waals surface area contributed by atoms with Crippen molar-refractivity contribution in [3.63, 3.8) is 0 Å². The molecule has 8 heteroatoms. The molecule has 1 aliphatic rings. The first kappa shape index (κ1) is 20.2. The lowest BCUT2D eigenvalue weighted by molar-refractivity contribution is -0.121. The molecule has 1 fully saturated rings. The predicted octanol–water partition coefficient (Wildman–Crippen LogP) is 2.36. The van der Waals surface area contributed by atoms with Crippen LogP contribution < -0.4 is 15.4 Å². The number of carbonyl (C=O) groups is 1. The van der Waals surface area contributed by atoms with Crippen LogP contribution in [0.15, 0.2) is 28.8 Å². The molecule has 2 aromatic rings. The van der Waals surface area contributed by atoms with Crippen LogP contribution in [0, 0.1) is 0 Å². The topological polar surface area (TPSA) is 89.3 Å². The van der Waals surface area contributed by atoms with Crippen molar-refractivity contribution in [1.29, 1.82) is 0 Å². The first-order valence-corrected chi connectivity index (χ1v) is 8.80. The van der Waals surface area contributed by atoms with Gasteiger partial charge in [-0.2, -0.15) is 4.98 Å². The number of hydrogen-bond acceptors (Lipinski definition) is 6. The SMILES string of the molecule is CCOc1ccc(-c2noc(CCC(=O)NC3CCCNC3)n2)cc1.Cl. The zero-order chi connectivity index (χ0) is 17.5. The monoisotopic (exact) mass is 380 g/mol. The van der Waals surface area contributed by atoms with E-state index in [1.807, 2.05) is 31.2 Å². The van der Waals surface area contributed by atoms with Crippen LogP contribution in [-0.2, 0) is 11.2 Å². The molecule has 1 atom stereocenters. The Bertz CT molecular complexity index is 684. The smallest absolute Gasteiger partial charge is 0.227 e. The molecule has 1 amide bonds. The summed E-state index contributed by atoms with van der Waals surface area (Å²) in [4.78, 5) is 16.4.